The van der Waals surface area contributed by atoms with Gasteiger partial charge in [-0.25, -0.2) is 0 Å². The summed E-state index contributed by atoms with van der Waals surface area (Å²) < 4.78 is 11.1. The molecule has 1 aliphatic rings. The zero-order valence-electron chi connectivity index (χ0n) is 15.2. The molecule has 4 rings (SSSR count). The van der Waals surface area contributed by atoms with Crippen LogP contribution in [0.4, 0.5) is 0 Å². The van der Waals surface area contributed by atoms with E-state index in [-0.39, 0.29) is 17.4 Å². The zero-order chi connectivity index (χ0) is 19.0. The smallest absolute Gasteiger partial charge is 0.253 e. The van der Waals surface area contributed by atoms with Crippen LogP contribution in [-0.4, -0.2) is 24.1 Å². The van der Waals surface area contributed by atoms with Gasteiger partial charge < -0.3 is 19.8 Å². The molecule has 1 aromatic heterocycles. The Balaban J connectivity index is 1.63. The summed E-state index contributed by atoms with van der Waals surface area (Å²) in [5.74, 6) is 1.15. The number of rotatable bonds is 3. The lowest BCUT2D eigenvalue weighted by Crippen LogP contribution is -2.27. The van der Waals surface area contributed by atoms with Crippen molar-refractivity contribution in [3.8, 4) is 11.5 Å². The second-order valence-electron chi connectivity index (χ2n) is 6.64. The van der Waals surface area contributed by atoms with Crippen LogP contribution in [0.3, 0.4) is 0 Å². The molecule has 1 atom stereocenters. The molecule has 2 heterocycles. The number of nitrogens with one attached hydrogen (secondary N) is 2. The van der Waals surface area contributed by atoms with E-state index in [1.807, 2.05) is 25.1 Å². The number of pyridine rings is 1. The zero-order valence-corrected chi connectivity index (χ0v) is 15.2. The molecule has 2 N–H and O–H groups in total. The van der Waals surface area contributed by atoms with Crippen molar-refractivity contribution in [2.45, 2.75) is 19.9 Å². The van der Waals surface area contributed by atoms with Crippen LogP contribution in [0.5, 0.6) is 11.5 Å². The summed E-state index contributed by atoms with van der Waals surface area (Å²) >= 11 is 0. The maximum absolute atomic E-state index is 12.9. The quantitative estimate of drug-likeness (QED) is 0.748. The molecule has 0 radical (unpaired) electrons. The summed E-state index contributed by atoms with van der Waals surface area (Å²) in [4.78, 5) is 28.2. The Bertz CT molecular complexity index is 1090. The highest BCUT2D eigenvalue weighted by atomic mass is 16.6. The number of H-pyrrole nitrogens is 1. The van der Waals surface area contributed by atoms with Crippen LogP contribution in [-0.2, 0) is 0 Å². The first-order chi connectivity index (χ1) is 13.0. The van der Waals surface area contributed by atoms with E-state index in [2.05, 4.69) is 10.3 Å². The number of hydrogen-bond acceptors (Lipinski definition) is 4. The van der Waals surface area contributed by atoms with Crippen molar-refractivity contribution in [1.29, 1.82) is 0 Å². The Hall–Kier alpha value is -3.28. The fourth-order valence-electron chi connectivity index (χ4n) is 3.28. The average molecular weight is 364 g/mol. The second kappa shape index (κ2) is 6.79. The van der Waals surface area contributed by atoms with Crippen LogP contribution in [0.2, 0.25) is 0 Å². The lowest BCUT2D eigenvalue weighted by Gasteiger charge is -2.21. The summed E-state index contributed by atoms with van der Waals surface area (Å²) in [6.07, 6.45) is 0. The number of aromatic amines is 1. The Kier molecular flexibility index (Phi) is 4.32. The van der Waals surface area contributed by atoms with Gasteiger partial charge in [0, 0.05) is 17.1 Å². The number of aromatic nitrogens is 1. The molecule has 6 nitrogen and oxygen atoms in total. The van der Waals surface area contributed by atoms with Gasteiger partial charge in [-0.15, -0.1) is 0 Å². The van der Waals surface area contributed by atoms with Crippen molar-refractivity contribution in [1.82, 2.24) is 10.3 Å². The van der Waals surface area contributed by atoms with E-state index in [0.29, 0.717) is 46.9 Å². The third-order valence-electron chi connectivity index (χ3n) is 4.66. The minimum Gasteiger partial charge on any atom is -0.486 e. The van der Waals surface area contributed by atoms with E-state index in [0.717, 1.165) is 5.56 Å². The summed E-state index contributed by atoms with van der Waals surface area (Å²) in [7, 11) is 0. The van der Waals surface area contributed by atoms with Gasteiger partial charge in [0.05, 0.1) is 17.1 Å². The normalized spacial score (nSPS) is 14.0. The molecule has 0 aliphatic carbocycles. The highest BCUT2D eigenvalue weighted by molar-refractivity contribution is 6.05. The molecule has 0 unspecified atom stereocenters. The lowest BCUT2D eigenvalue weighted by molar-refractivity contribution is 0.0941. The van der Waals surface area contributed by atoms with Crippen molar-refractivity contribution >= 4 is 16.8 Å². The minimum absolute atomic E-state index is 0.101. The number of hydrogen-bond donors (Lipinski definition) is 2. The Morgan fingerprint density at radius 3 is 2.70 bits per heavy atom. The van der Waals surface area contributed by atoms with Crippen molar-refractivity contribution in [3.63, 3.8) is 0 Å². The number of carbonyl (C=O) groups excluding carboxylic acids is 1. The summed E-state index contributed by atoms with van der Waals surface area (Å²) in [5.41, 5.74) is 2.52. The highest BCUT2D eigenvalue weighted by Crippen LogP contribution is 2.32. The van der Waals surface area contributed by atoms with Gasteiger partial charge >= 0.3 is 0 Å². The number of fused-ring (bicyclic) bond motifs is 2. The summed E-state index contributed by atoms with van der Waals surface area (Å²) in [6.45, 7) is 4.76. The van der Waals surface area contributed by atoms with E-state index >= 15 is 0 Å². The number of ether oxygens (including phenoxy) is 2. The molecule has 3 aromatic rings. The topological polar surface area (TPSA) is 80.4 Å². The van der Waals surface area contributed by atoms with Crippen molar-refractivity contribution in [2.24, 2.45) is 0 Å². The van der Waals surface area contributed by atoms with Gasteiger partial charge in [0.15, 0.2) is 16.9 Å². The Labute approximate surface area is 156 Å². The van der Waals surface area contributed by atoms with Crippen molar-refractivity contribution < 1.29 is 14.3 Å². The van der Waals surface area contributed by atoms with Gasteiger partial charge in [-0.1, -0.05) is 12.1 Å². The summed E-state index contributed by atoms with van der Waals surface area (Å²) in [6, 6.07) is 12.1. The molecule has 0 saturated carbocycles. The molecular formula is C21H20N2O4. The molecule has 0 saturated heterocycles. The SMILES string of the molecule is Cc1cc(=O)c2cccc(C(=O)N[C@@H](C)c3ccc4c(c3)OCCO4)c2[nH]1. The van der Waals surface area contributed by atoms with E-state index in [1.54, 1.807) is 25.1 Å². The first-order valence-electron chi connectivity index (χ1n) is 8.86. The first kappa shape index (κ1) is 17.1. The molecule has 6 heteroatoms. The molecule has 138 valence electrons. The van der Waals surface area contributed by atoms with E-state index in [1.165, 1.54) is 6.07 Å². The molecule has 1 aliphatic heterocycles. The van der Waals surface area contributed by atoms with Gasteiger partial charge in [-0.3, -0.25) is 9.59 Å². The van der Waals surface area contributed by atoms with Gasteiger partial charge in [-0.05, 0) is 43.7 Å². The fourth-order valence-corrected chi connectivity index (χ4v) is 3.28. The van der Waals surface area contributed by atoms with Gasteiger partial charge in [0.25, 0.3) is 5.91 Å². The van der Waals surface area contributed by atoms with Crippen molar-refractivity contribution in [2.75, 3.05) is 13.2 Å². The molecular weight excluding hydrogens is 344 g/mol. The molecule has 0 bridgehead atoms. The molecule has 27 heavy (non-hydrogen) atoms. The second-order valence-corrected chi connectivity index (χ2v) is 6.64. The third-order valence-corrected chi connectivity index (χ3v) is 4.66. The van der Waals surface area contributed by atoms with Gasteiger partial charge in [0.2, 0.25) is 0 Å². The summed E-state index contributed by atoms with van der Waals surface area (Å²) in [5, 5.41) is 3.49. The highest BCUT2D eigenvalue weighted by Gasteiger charge is 2.18. The molecule has 0 spiro atoms. The number of aryl methyl sites for hydroxylation is 1. The van der Waals surface area contributed by atoms with Crippen LogP contribution < -0.4 is 20.2 Å². The van der Waals surface area contributed by atoms with Crippen molar-refractivity contribution in [3.05, 3.63) is 69.5 Å². The van der Waals surface area contributed by atoms with E-state index in [9.17, 15) is 9.59 Å². The number of para-hydroxylation sites is 1. The Morgan fingerprint density at radius 1 is 1.11 bits per heavy atom. The average Bonchev–Trinajstić information content (AvgIpc) is 2.67. The predicted molar refractivity (Wildman–Crippen MR) is 103 cm³/mol. The fraction of sp³-hybridized carbons (Fsp3) is 0.238. The molecule has 0 fully saturated rings. The number of benzene rings is 2. The van der Waals surface area contributed by atoms with Gasteiger partial charge in [0.1, 0.15) is 13.2 Å². The van der Waals surface area contributed by atoms with Crippen LogP contribution in [0.1, 0.15) is 34.6 Å². The molecule has 2 aromatic carbocycles. The van der Waals surface area contributed by atoms with Crippen LogP contribution in [0.15, 0.2) is 47.3 Å². The van der Waals surface area contributed by atoms with E-state index in [4.69, 9.17) is 9.47 Å². The van der Waals surface area contributed by atoms with Gasteiger partial charge in [-0.2, -0.15) is 0 Å². The lowest BCUT2D eigenvalue weighted by atomic mass is 10.1. The predicted octanol–water partition coefficient (Wildman–Crippen LogP) is 3.10. The van der Waals surface area contributed by atoms with Crippen LogP contribution in [0.25, 0.3) is 10.9 Å². The standard InChI is InChI=1S/C21H20N2O4/c1-12-10-17(24)15-4-3-5-16(20(15)22-12)21(25)23-13(2)14-6-7-18-19(11-14)27-9-8-26-18/h3-7,10-11,13H,8-9H2,1-2H3,(H,22,24)(H,23,25)/t13-/m0/s1. The number of amides is 1. The maximum Gasteiger partial charge on any atom is 0.253 e. The van der Waals surface area contributed by atoms with E-state index < -0.39 is 0 Å². The molecule has 1 amide bonds. The van der Waals surface area contributed by atoms with Crippen LogP contribution >= 0.6 is 0 Å². The number of carbonyl (C=O) groups is 1. The largest absolute Gasteiger partial charge is 0.486 e. The Morgan fingerprint density at radius 2 is 1.89 bits per heavy atom. The third kappa shape index (κ3) is 3.26. The minimum atomic E-state index is -0.246. The monoisotopic (exact) mass is 364 g/mol. The maximum atomic E-state index is 12.9. The first-order valence-corrected chi connectivity index (χ1v) is 8.86. The van der Waals surface area contributed by atoms with Crippen LogP contribution in [0, 0.1) is 6.92 Å².